The van der Waals surface area contributed by atoms with Gasteiger partial charge in [0.2, 0.25) is 5.91 Å². The molecule has 1 aliphatic rings. The topological polar surface area (TPSA) is 67.2 Å². The van der Waals surface area contributed by atoms with Gasteiger partial charge in [-0.2, -0.15) is 18.3 Å². The molecular weight excluding hydrogens is 481 g/mol. The fourth-order valence-corrected chi connectivity index (χ4v) is 4.49. The average Bonchev–Trinajstić information content (AvgIpc) is 3.57. The van der Waals surface area contributed by atoms with Gasteiger partial charge in [-0.15, -0.1) is 0 Å². The molecular formula is C28H23F3N4O2. The highest BCUT2D eigenvalue weighted by molar-refractivity contribution is 6.08. The van der Waals surface area contributed by atoms with E-state index >= 15 is 0 Å². The van der Waals surface area contributed by atoms with E-state index in [4.69, 9.17) is 0 Å². The summed E-state index contributed by atoms with van der Waals surface area (Å²) in [6.07, 6.45) is -1.05. The van der Waals surface area contributed by atoms with E-state index in [1.807, 2.05) is 12.1 Å². The van der Waals surface area contributed by atoms with Crippen molar-refractivity contribution in [2.45, 2.75) is 32.2 Å². The molecule has 1 aromatic heterocycles. The van der Waals surface area contributed by atoms with Crippen LogP contribution in [0.25, 0.3) is 11.1 Å². The van der Waals surface area contributed by atoms with Crippen LogP contribution in [0.5, 0.6) is 0 Å². The lowest BCUT2D eigenvalue weighted by Crippen LogP contribution is -2.32. The zero-order valence-electron chi connectivity index (χ0n) is 19.9. The number of halogens is 3. The summed E-state index contributed by atoms with van der Waals surface area (Å²) in [5.41, 5.74) is 3.14. The minimum absolute atomic E-state index is 0.0454. The van der Waals surface area contributed by atoms with Gasteiger partial charge in [-0.1, -0.05) is 36.4 Å². The number of benzene rings is 3. The van der Waals surface area contributed by atoms with Crippen molar-refractivity contribution >= 4 is 17.5 Å². The Labute approximate surface area is 211 Å². The van der Waals surface area contributed by atoms with Gasteiger partial charge < -0.3 is 10.2 Å². The molecule has 0 fully saturated rings. The molecule has 5 rings (SSSR count). The van der Waals surface area contributed by atoms with Crippen LogP contribution >= 0.6 is 0 Å². The first-order valence-corrected chi connectivity index (χ1v) is 11.7. The van der Waals surface area contributed by atoms with E-state index in [2.05, 4.69) is 10.4 Å². The van der Waals surface area contributed by atoms with Gasteiger partial charge in [-0.05, 0) is 65.6 Å². The van der Waals surface area contributed by atoms with Gasteiger partial charge in [0.1, 0.15) is 6.04 Å². The molecule has 0 spiro atoms. The summed E-state index contributed by atoms with van der Waals surface area (Å²) in [4.78, 5) is 27.9. The van der Waals surface area contributed by atoms with Gasteiger partial charge in [0.15, 0.2) is 0 Å². The maximum Gasteiger partial charge on any atom is 0.416 e. The highest BCUT2D eigenvalue weighted by atomic mass is 19.4. The Balaban J connectivity index is 1.31. The molecule has 1 unspecified atom stereocenters. The summed E-state index contributed by atoms with van der Waals surface area (Å²) in [6, 6.07) is 18.4. The zero-order chi connectivity index (χ0) is 26.2. The van der Waals surface area contributed by atoms with Gasteiger partial charge >= 0.3 is 6.18 Å². The molecule has 0 saturated carbocycles. The number of carbonyl (C=O) groups excluding carboxylic acids is 2. The monoisotopic (exact) mass is 504 g/mol. The van der Waals surface area contributed by atoms with Gasteiger partial charge in [-0.25, -0.2) is 0 Å². The van der Waals surface area contributed by atoms with Crippen molar-refractivity contribution in [2.75, 3.05) is 5.32 Å². The molecule has 2 amide bonds. The van der Waals surface area contributed by atoms with Crippen LogP contribution in [0.2, 0.25) is 0 Å². The Hall–Kier alpha value is -4.40. The summed E-state index contributed by atoms with van der Waals surface area (Å²) in [7, 11) is 0. The number of nitrogens with zero attached hydrogens (tertiary/aromatic N) is 3. The Morgan fingerprint density at radius 3 is 2.38 bits per heavy atom. The molecule has 1 atom stereocenters. The Bertz CT molecular complexity index is 1450. The lowest BCUT2D eigenvalue weighted by atomic mass is 9.98. The molecule has 0 radical (unpaired) electrons. The second-order valence-electron chi connectivity index (χ2n) is 8.91. The van der Waals surface area contributed by atoms with Crippen molar-refractivity contribution in [2.24, 2.45) is 0 Å². The second kappa shape index (κ2) is 9.57. The number of fused-ring (bicyclic) bond motifs is 1. The number of aromatic nitrogens is 2. The Morgan fingerprint density at radius 1 is 0.946 bits per heavy atom. The number of alkyl halides is 3. The number of hydrogen-bond acceptors (Lipinski definition) is 3. The van der Waals surface area contributed by atoms with E-state index < -0.39 is 17.8 Å². The third kappa shape index (κ3) is 4.97. The van der Waals surface area contributed by atoms with Crippen LogP contribution in [0.15, 0.2) is 85.2 Å². The minimum atomic E-state index is -4.43. The fraction of sp³-hybridized carbons (Fsp3) is 0.179. The third-order valence-electron chi connectivity index (χ3n) is 6.47. The number of nitrogens with one attached hydrogen (secondary N) is 1. The highest BCUT2D eigenvalue weighted by Gasteiger charge is 2.30. The molecule has 1 aliphatic heterocycles. The first-order valence-electron chi connectivity index (χ1n) is 11.7. The van der Waals surface area contributed by atoms with Gasteiger partial charge in [0, 0.05) is 36.7 Å². The largest absolute Gasteiger partial charge is 0.416 e. The van der Waals surface area contributed by atoms with Crippen LogP contribution in [0, 0.1) is 0 Å². The van der Waals surface area contributed by atoms with Gasteiger partial charge in [0.05, 0.1) is 5.56 Å². The maximum atomic E-state index is 13.2. The summed E-state index contributed by atoms with van der Waals surface area (Å²) >= 11 is 0. The van der Waals surface area contributed by atoms with Crippen molar-refractivity contribution < 1.29 is 22.8 Å². The van der Waals surface area contributed by atoms with Crippen molar-refractivity contribution in [1.29, 1.82) is 0 Å². The first kappa shape index (κ1) is 24.3. The molecule has 9 heteroatoms. The zero-order valence-corrected chi connectivity index (χ0v) is 19.9. The van der Waals surface area contributed by atoms with E-state index in [1.165, 1.54) is 12.1 Å². The number of hydrogen-bond donors (Lipinski definition) is 1. The quantitative estimate of drug-likeness (QED) is 0.367. The fourth-order valence-electron chi connectivity index (χ4n) is 4.49. The highest BCUT2D eigenvalue weighted by Crippen LogP contribution is 2.32. The van der Waals surface area contributed by atoms with Crippen LogP contribution in [0.1, 0.15) is 40.0 Å². The molecule has 2 heterocycles. The summed E-state index contributed by atoms with van der Waals surface area (Å²) < 4.78 is 40.5. The molecule has 37 heavy (non-hydrogen) atoms. The Kier molecular flexibility index (Phi) is 6.29. The van der Waals surface area contributed by atoms with Crippen LogP contribution < -0.4 is 5.32 Å². The van der Waals surface area contributed by atoms with E-state index in [9.17, 15) is 22.8 Å². The van der Waals surface area contributed by atoms with Crippen molar-refractivity contribution in [3.8, 4) is 11.1 Å². The molecule has 3 aromatic carbocycles. The predicted octanol–water partition coefficient (Wildman–Crippen LogP) is 5.92. The van der Waals surface area contributed by atoms with Gasteiger partial charge in [0.25, 0.3) is 5.91 Å². The molecule has 4 aromatic rings. The molecule has 1 N–H and O–H groups in total. The van der Waals surface area contributed by atoms with Crippen LogP contribution in [0.4, 0.5) is 18.9 Å². The average molecular weight is 505 g/mol. The molecule has 0 aliphatic carbocycles. The van der Waals surface area contributed by atoms with E-state index in [0.29, 0.717) is 35.5 Å². The van der Waals surface area contributed by atoms with Gasteiger partial charge in [-0.3, -0.25) is 14.3 Å². The van der Waals surface area contributed by atoms with Crippen molar-refractivity contribution in [1.82, 2.24) is 14.7 Å². The van der Waals surface area contributed by atoms with Crippen molar-refractivity contribution in [3.05, 3.63) is 107 Å². The van der Waals surface area contributed by atoms with Crippen LogP contribution in [-0.2, 0) is 24.1 Å². The molecule has 0 bridgehead atoms. The Morgan fingerprint density at radius 2 is 1.68 bits per heavy atom. The second-order valence-corrected chi connectivity index (χ2v) is 8.91. The molecule has 0 saturated heterocycles. The first-order chi connectivity index (χ1) is 17.7. The van der Waals surface area contributed by atoms with Crippen LogP contribution in [-0.4, -0.2) is 26.5 Å². The number of anilines is 1. The summed E-state index contributed by atoms with van der Waals surface area (Å²) in [6.45, 7) is 2.70. The van der Waals surface area contributed by atoms with E-state index in [1.54, 1.807) is 65.3 Å². The molecule has 6 nitrogen and oxygen atoms in total. The number of carbonyl (C=O) groups is 2. The number of amides is 2. The SMILES string of the molecule is CC(C(=O)N1Cc2ccc(NC(=O)c3ccccc3-c3ccc(C(F)(F)F)cc3)cc2C1)n1cccn1. The normalized spacial score (nSPS) is 13.8. The maximum absolute atomic E-state index is 13.2. The van der Waals surface area contributed by atoms with Crippen molar-refractivity contribution in [3.63, 3.8) is 0 Å². The molecule has 188 valence electrons. The minimum Gasteiger partial charge on any atom is -0.332 e. The number of rotatable bonds is 5. The van der Waals surface area contributed by atoms with Crippen LogP contribution in [0.3, 0.4) is 0 Å². The smallest absolute Gasteiger partial charge is 0.332 e. The standard InChI is InChI=1S/C28H23F3N4O2/c1-18(35-14-4-13-32-35)27(37)34-16-20-9-12-23(15-21(20)17-34)33-26(36)25-6-3-2-5-24(25)19-7-10-22(11-8-19)28(29,30)31/h2-15,18H,16-17H2,1H3,(H,33,36). The predicted molar refractivity (Wildman–Crippen MR) is 132 cm³/mol. The lowest BCUT2D eigenvalue weighted by Gasteiger charge is -2.20. The third-order valence-corrected chi connectivity index (χ3v) is 6.47. The van der Waals surface area contributed by atoms with E-state index in [0.717, 1.165) is 23.3 Å². The summed E-state index contributed by atoms with van der Waals surface area (Å²) in [5.74, 6) is -0.426. The lowest BCUT2D eigenvalue weighted by molar-refractivity contribution is -0.137. The summed E-state index contributed by atoms with van der Waals surface area (Å²) in [5, 5.41) is 7.04. The van der Waals surface area contributed by atoms with E-state index in [-0.39, 0.29) is 11.8 Å².